The number of carbonyl (C=O) groups is 1. The molecule has 0 bridgehead atoms. The van der Waals surface area contributed by atoms with Crippen molar-refractivity contribution in [2.24, 2.45) is 0 Å². The number of nitriles is 1. The fraction of sp³-hybridized carbons (Fsp3) is 0.375. The minimum absolute atomic E-state index is 0.0219. The maximum Gasteiger partial charge on any atom is 0.337 e. The summed E-state index contributed by atoms with van der Waals surface area (Å²) in [5, 5.41) is 12.4. The van der Waals surface area contributed by atoms with Crippen LogP contribution in [-0.4, -0.2) is 64.4 Å². The molecule has 11 heteroatoms. The van der Waals surface area contributed by atoms with E-state index in [9.17, 15) is 9.18 Å². The van der Waals surface area contributed by atoms with E-state index in [0.717, 1.165) is 55.8 Å². The normalized spacial score (nSPS) is 17.3. The number of hydrogen-bond donors (Lipinski definition) is 1. The van der Waals surface area contributed by atoms with Crippen LogP contribution < -0.4 is 10.1 Å². The summed E-state index contributed by atoms with van der Waals surface area (Å²) in [4.78, 5) is 24.0. The average molecular weight is 585 g/mol. The highest BCUT2D eigenvalue weighted by Gasteiger charge is 2.25. The van der Waals surface area contributed by atoms with Crippen molar-refractivity contribution in [3.05, 3.63) is 82.9 Å². The standard InChI is InChI=1S/C32H33FN6O4/c1-41-32(40)22-7-8-27-28(16-22)39(18-25-11-14-42-25)30(36-27)19-38-12-9-24(10-13-38)35-29-3-2-4-31(37-29)43-20-23-6-5-21(17-34)15-26(23)33/h2-8,15-16,24-25H,9-14,18-20H2,1H3,(H,35,37)/t25-/m0/s1. The molecule has 0 unspecified atom stereocenters. The number of hydrogen-bond acceptors (Lipinski definition) is 9. The summed E-state index contributed by atoms with van der Waals surface area (Å²) >= 11 is 0. The largest absolute Gasteiger partial charge is 0.473 e. The number of piperidine rings is 1. The number of anilines is 1. The summed E-state index contributed by atoms with van der Waals surface area (Å²) in [5.41, 5.74) is 2.92. The van der Waals surface area contributed by atoms with E-state index in [2.05, 4.69) is 19.8 Å². The molecule has 43 heavy (non-hydrogen) atoms. The highest BCUT2D eigenvalue weighted by atomic mass is 19.1. The van der Waals surface area contributed by atoms with Crippen LogP contribution in [0.2, 0.25) is 0 Å². The Morgan fingerprint density at radius 1 is 1.14 bits per heavy atom. The SMILES string of the molecule is COC(=O)c1ccc2nc(CN3CCC(Nc4cccc(OCc5ccc(C#N)cc5F)n4)CC3)n(C[C@@H]3CCO3)c2c1. The zero-order chi connectivity index (χ0) is 29.8. The number of carbonyl (C=O) groups excluding carboxylic acids is 1. The number of likely N-dealkylation sites (tertiary alicyclic amines) is 1. The zero-order valence-electron chi connectivity index (χ0n) is 24.0. The lowest BCUT2D eigenvalue weighted by Gasteiger charge is -2.33. The van der Waals surface area contributed by atoms with Gasteiger partial charge in [-0.25, -0.2) is 14.2 Å². The highest BCUT2D eigenvalue weighted by molar-refractivity contribution is 5.93. The van der Waals surface area contributed by atoms with Crippen LogP contribution in [0, 0.1) is 17.1 Å². The van der Waals surface area contributed by atoms with E-state index in [1.54, 1.807) is 24.3 Å². The minimum atomic E-state index is -0.474. The molecular formula is C32H33FN6O4. The monoisotopic (exact) mass is 584 g/mol. The third kappa shape index (κ3) is 6.61. The Hall–Kier alpha value is -4.53. The van der Waals surface area contributed by atoms with E-state index in [1.165, 1.54) is 13.2 Å². The summed E-state index contributed by atoms with van der Waals surface area (Å²) in [5.74, 6) is 1.23. The number of nitrogens with zero attached hydrogens (tertiary/aromatic N) is 5. The lowest BCUT2D eigenvalue weighted by Crippen LogP contribution is -2.39. The topological polar surface area (TPSA) is 115 Å². The molecule has 2 fully saturated rings. The van der Waals surface area contributed by atoms with Gasteiger partial charge in [-0.05, 0) is 55.7 Å². The van der Waals surface area contributed by atoms with E-state index in [4.69, 9.17) is 24.5 Å². The molecule has 222 valence electrons. The number of nitrogens with one attached hydrogen (secondary N) is 1. The van der Waals surface area contributed by atoms with E-state index in [1.807, 2.05) is 30.3 Å². The molecule has 4 aromatic rings. The van der Waals surface area contributed by atoms with E-state index >= 15 is 0 Å². The molecule has 6 rings (SSSR count). The number of imidazole rings is 1. The first-order valence-electron chi connectivity index (χ1n) is 14.5. The van der Waals surface area contributed by atoms with E-state index in [-0.39, 0.29) is 30.3 Å². The van der Waals surface area contributed by atoms with E-state index < -0.39 is 5.82 Å². The number of benzene rings is 2. The lowest BCUT2D eigenvalue weighted by molar-refractivity contribution is -0.0592. The summed E-state index contributed by atoms with van der Waals surface area (Å²) in [7, 11) is 1.39. The van der Waals surface area contributed by atoms with Gasteiger partial charge in [0.15, 0.2) is 0 Å². The Kier molecular flexibility index (Phi) is 8.49. The Morgan fingerprint density at radius 3 is 2.70 bits per heavy atom. The molecule has 2 aromatic heterocycles. The van der Waals surface area contributed by atoms with Crippen molar-refractivity contribution in [1.82, 2.24) is 19.4 Å². The zero-order valence-corrected chi connectivity index (χ0v) is 24.0. The molecule has 2 aliphatic rings. The summed E-state index contributed by atoms with van der Waals surface area (Å²) in [6.45, 7) is 3.99. The van der Waals surface area contributed by atoms with Crippen molar-refractivity contribution < 1.29 is 23.4 Å². The highest BCUT2D eigenvalue weighted by Crippen LogP contribution is 2.25. The fourth-order valence-electron chi connectivity index (χ4n) is 5.48. The van der Waals surface area contributed by atoms with Gasteiger partial charge in [-0.2, -0.15) is 10.2 Å². The second kappa shape index (κ2) is 12.8. The van der Waals surface area contributed by atoms with Crippen LogP contribution >= 0.6 is 0 Å². The lowest BCUT2D eigenvalue weighted by atomic mass is 10.1. The smallest absolute Gasteiger partial charge is 0.337 e. The van der Waals surface area contributed by atoms with Gasteiger partial charge in [0.05, 0.1) is 54.5 Å². The molecule has 0 saturated carbocycles. The number of methoxy groups -OCH3 is 1. The first kappa shape index (κ1) is 28.6. The summed E-state index contributed by atoms with van der Waals surface area (Å²) in [6, 6.07) is 17.5. The van der Waals surface area contributed by atoms with Gasteiger partial charge in [0, 0.05) is 37.4 Å². The number of ether oxygens (including phenoxy) is 3. The molecule has 0 amide bonds. The van der Waals surface area contributed by atoms with Gasteiger partial charge < -0.3 is 24.1 Å². The van der Waals surface area contributed by atoms with Crippen molar-refractivity contribution in [2.45, 2.75) is 51.1 Å². The quantitative estimate of drug-likeness (QED) is 0.266. The van der Waals surface area contributed by atoms with Crippen LogP contribution in [0.5, 0.6) is 5.88 Å². The Balaban J connectivity index is 1.06. The van der Waals surface area contributed by atoms with Crippen molar-refractivity contribution >= 4 is 22.8 Å². The summed E-state index contributed by atoms with van der Waals surface area (Å²) < 4.78 is 32.8. The third-order valence-electron chi connectivity index (χ3n) is 8.01. The van der Waals surface area contributed by atoms with Crippen LogP contribution in [0.25, 0.3) is 11.0 Å². The van der Waals surface area contributed by atoms with Crippen LogP contribution in [0.3, 0.4) is 0 Å². The Bertz CT molecular complexity index is 1660. The number of fused-ring (bicyclic) bond motifs is 1. The molecule has 10 nitrogen and oxygen atoms in total. The number of halogens is 1. The van der Waals surface area contributed by atoms with Crippen LogP contribution in [0.15, 0.2) is 54.6 Å². The van der Waals surface area contributed by atoms with Crippen molar-refractivity contribution in [3.8, 4) is 11.9 Å². The predicted octanol–water partition coefficient (Wildman–Crippen LogP) is 4.67. The number of rotatable bonds is 10. The maximum atomic E-state index is 14.2. The van der Waals surface area contributed by atoms with Gasteiger partial charge in [-0.1, -0.05) is 12.1 Å². The number of esters is 1. The van der Waals surface area contributed by atoms with E-state index in [0.29, 0.717) is 35.9 Å². The fourth-order valence-corrected chi connectivity index (χ4v) is 5.48. The van der Waals surface area contributed by atoms with Crippen LogP contribution in [0.1, 0.15) is 46.6 Å². The first-order chi connectivity index (χ1) is 21.0. The van der Waals surface area contributed by atoms with Crippen LogP contribution in [-0.2, 0) is 29.2 Å². The summed E-state index contributed by atoms with van der Waals surface area (Å²) in [6.07, 6.45) is 3.03. The number of pyridine rings is 1. The van der Waals surface area contributed by atoms with Gasteiger partial charge in [0.1, 0.15) is 24.1 Å². The van der Waals surface area contributed by atoms with Gasteiger partial charge in [-0.15, -0.1) is 0 Å². The average Bonchev–Trinajstić information content (AvgIpc) is 3.34. The Morgan fingerprint density at radius 2 is 1.98 bits per heavy atom. The minimum Gasteiger partial charge on any atom is -0.473 e. The van der Waals surface area contributed by atoms with Crippen molar-refractivity contribution in [1.29, 1.82) is 5.26 Å². The predicted molar refractivity (Wildman–Crippen MR) is 157 cm³/mol. The molecule has 0 aliphatic carbocycles. The van der Waals surface area contributed by atoms with Gasteiger partial charge >= 0.3 is 5.97 Å². The van der Waals surface area contributed by atoms with Crippen LogP contribution in [0.4, 0.5) is 10.2 Å². The third-order valence-corrected chi connectivity index (χ3v) is 8.01. The molecule has 1 N–H and O–H groups in total. The van der Waals surface area contributed by atoms with Gasteiger partial charge in [-0.3, -0.25) is 4.90 Å². The molecule has 2 aliphatic heterocycles. The van der Waals surface area contributed by atoms with Crippen molar-refractivity contribution in [3.63, 3.8) is 0 Å². The Labute approximate surface area is 249 Å². The molecule has 2 aromatic carbocycles. The second-order valence-corrected chi connectivity index (χ2v) is 10.9. The van der Waals surface area contributed by atoms with Gasteiger partial charge in [0.2, 0.25) is 5.88 Å². The molecule has 0 spiro atoms. The molecule has 0 radical (unpaired) electrons. The van der Waals surface area contributed by atoms with Gasteiger partial charge in [0.25, 0.3) is 0 Å². The maximum absolute atomic E-state index is 14.2. The molecule has 2 saturated heterocycles. The first-order valence-corrected chi connectivity index (χ1v) is 14.5. The second-order valence-electron chi connectivity index (χ2n) is 10.9. The number of aromatic nitrogens is 3. The molecular weight excluding hydrogens is 551 g/mol. The van der Waals surface area contributed by atoms with Crippen molar-refractivity contribution in [2.75, 3.05) is 32.1 Å². The molecule has 1 atom stereocenters. The molecule has 4 heterocycles.